The molecule has 1 aromatic carbocycles. The summed E-state index contributed by atoms with van der Waals surface area (Å²) in [5.74, 6) is 0.543. The molecule has 1 N–H and O–H groups in total. The Bertz CT molecular complexity index is 762. The van der Waals surface area contributed by atoms with E-state index in [1.807, 2.05) is 0 Å². The first-order valence-electron chi connectivity index (χ1n) is 6.73. The van der Waals surface area contributed by atoms with Crippen molar-refractivity contribution in [2.45, 2.75) is 24.0 Å². The zero-order valence-electron chi connectivity index (χ0n) is 11.7. The number of thioether (sulfide) groups is 1. The minimum absolute atomic E-state index is 0.00603. The van der Waals surface area contributed by atoms with Gasteiger partial charge < -0.3 is 9.73 Å². The molecule has 0 saturated heterocycles. The van der Waals surface area contributed by atoms with Crippen LogP contribution < -0.4 is 5.32 Å². The molecule has 1 heterocycles. The van der Waals surface area contributed by atoms with E-state index in [1.54, 1.807) is 0 Å². The number of carbonyl (C=O) groups is 1. The number of nitro benzene ring substituents is 1. The number of anilines is 1. The van der Waals surface area contributed by atoms with E-state index in [0.29, 0.717) is 17.0 Å². The molecule has 1 saturated carbocycles. The molecule has 2 aromatic rings. The Morgan fingerprint density at radius 1 is 1.48 bits per heavy atom. The van der Waals surface area contributed by atoms with Crippen LogP contribution in [0.3, 0.4) is 0 Å². The molecule has 8 nitrogen and oxygen atoms in total. The Labute approximate surface area is 139 Å². The highest BCUT2D eigenvalue weighted by atomic mass is 35.5. The number of hydrogen-bond acceptors (Lipinski definition) is 7. The number of benzene rings is 1. The van der Waals surface area contributed by atoms with Gasteiger partial charge in [0, 0.05) is 17.0 Å². The van der Waals surface area contributed by atoms with Gasteiger partial charge in [0.05, 0.1) is 10.7 Å². The topological polar surface area (TPSA) is 111 Å². The lowest BCUT2D eigenvalue weighted by molar-refractivity contribution is -0.383. The summed E-state index contributed by atoms with van der Waals surface area (Å²) in [6.07, 6.45) is 2.10. The van der Waals surface area contributed by atoms with E-state index in [9.17, 15) is 14.9 Å². The Balaban J connectivity index is 1.59. The van der Waals surface area contributed by atoms with Crippen molar-refractivity contribution in [3.63, 3.8) is 0 Å². The number of nitro groups is 1. The van der Waals surface area contributed by atoms with Gasteiger partial charge in [-0.25, -0.2) is 0 Å². The molecule has 0 atom stereocenters. The Hall–Kier alpha value is -2.13. The molecule has 1 amide bonds. The van der Waals surface area contributed by atoms with Crippen molar-refractivity contribution < 1.29 is 14.1 Å². The van der Waals surface area contributed by atoms with E-state index in [1.165, 1.54) is 18.2 Å². The van der Waals surface area contributed by atoms with E-state index in [4.69, 9.17) is 16.0 Å². The fourth-order valence-electron chi connectivity index (χ4n) is 1.85. The third-order valence-electron chi connectivity index (χ3n) is 3.11. The summed E-state index contributed by atoms with van der Waals surface area (Å²) in [7, 11) is 0. The summed E-state index contributed by atoms with van der Waals surface area (Å²) < 4.78 is 5.42. The molecule has 120 valence electrons. The van der Waals surface area contributed by atoms with Gasteiger partial charge in [-0.2, -0.15) is 0 Å². The molecule has 0 bridgehead atoms. The van der Waals surface area contributed by atoms with E-state index >= 15 is 0 Å². The molecule has 23 heavy (non-hydrogen) atoms. The summed E-state index contributed by atoms with van der Waals surface area (Å²) in [6, 6.07) is 4.04. The molecule has 1 fully saturated rings. The van der Waals surface area contributed by atoms with Crippen molar-refractivity contribution >= 4 is 40.6 Å². The van der Waals surface area contributed by atoms with Gasteiger partial charge in [0.2, 0.25) is 11.8 Å². The first kappa shape index (κ1) is 15.8. The second kappa shape index (κ2) is 6.55. The van der Waals surface area contributed by atoms with Crippen LogP contribution in [0, 0.1) is 10.1 Å². The molecule has 0 unspecified atom stereocenters. The number of nitrogens with one attached hydrogen (secondary N) is 1. The minimum Gasteiger partial charge on any atom is -0.416 e. The normalized spacial score (nSPS) is 13.8. The maximum atomic E-state index is 11.9. The average Bonchev–Trinajstić information content (AvgIpc) is 3.26. The zero-order valence-corrected chi connectivity index (χ0v) is 13.3. The summed E-state index contributed by atoms with van der Waals surface area (Å²) in [5, 5.41) is 21.8. The zero-order chi connectivity index (χ0) is 16.4. The van der Waals surface area contributed by atoms with Crippen LogP contribution in [0.1, 0.15) is 24.7 Å². The standard InChI is InChI=1S/C13H11ClN4O4S/c14-8-3-4-9(10(5-8)18(20)21)15-11(19)6-23-13-17-16-12(22-13)7-1-2-7/h3-5,7H,1-2,6H2,(H,15,19). The lowest BCUT2D eigenvalue weighted by Gasteiger charge is -2.05. The fourth-order valence-corrected chi connectivity index (χ4v) is 2.59. The molecule has 1 aliphatic carbocycles. The summed E-state index contributed by atoms with van der Waals surface area (Å²) in [4.78, 5) is 22.3. The maximum Gasteiger partial charge on any atom is 0.294 e. The molecular formula is C13H11ClN4O4S. The predicted molar refractivity (Wildman–Crippen MR) is 83.7 cm³/mol. The van der Waals surface area contributed by atoms with Crippen molar-refractivity contribution in [2.24, 2.45) is 0 Å². The number of hydrogen-bond donors (Lipinski definition) is 1. The smallest absolute Gasteiger partial charge is 0.294 e. The second-order valence-corrected chi connectivity index (χ2v) is 6.30. The quantitative estimate of drug-likeness (QED) is 0.481. The van der Waals surface area contributed by atoms with Crippen LogP contribution in [0.15, 0.2) is 27.8 Å². The van der Waals surface area contributed by atoms with E-state index in [0.717, 1.165) is 24.6 Å². The molecule has 10 heteroatoms. The van der Waals surface area contributed by atoms with Crippen LogP contribution in [-0.2, 0) is 4.79 Å². The van der Waals surface area contributed by atoms with Gasteiger partial charge in [-0.3, -0.25) is 14.9 Å². The number of aromatic nitrogens is 2. The number of amides is 1. The molecule has 1 aliphatic rings. The highest BCUT2D eigenvalue weighted by molar-refractivity contribution is 7.99. The Kier molecular flexibility index (Phi) is 4.49. The van der Waals surface area contributed by atoms with E-state index < -0.39 is 10.8 Å². The van der Waals surface area contributed by atoms with Crippen LogP contribution in [0.2, 0.25) is 5.02 Å². The molecule has 0 radical (unpaired) electrons. The summed E-state index contributed by atoms with van der Waals surface area (Å²) in [6.45, 7) is 0. The lowest BCUT2D eigenvalue weighted by Crippen LogP contribution is -2.15. The van der Waals surface area contributed by atoms with E-state index in [-0.39, 0.29) is 22.2 Å². The van der Waals surface area contributed by atoms with Gasteiger partial charge in [-0.05, 0) is 25.0 Å². The maximum absolute atomic E-state index is 11.9. The van der Waals surface area contributed by atoms with Crippen molar-refractivity contribution in [2.75, 3.05) is 11.1 Å². The number of nitrogens with zero attached hydrogens (tertiary/aromatic N) is 3. The molecule has 3 rings (SSSR count). The average molecular weight is 355 g/mol. The molecule has 0 aliphatic heterocycles. The van der Waals surface area contributed by atoms with Crippen LogP contribution in [0.4, 0.5) is 11.4 Å². The van der Waals surface area contributed by atoms with Crippen molar-refractivity contribution in [1.82, 2.24) is 10.2 Å². The van der Waals surface area contributed by atoms with Crippen LogP contribution >= 0.6 is 23.4 Å². The van der Waals surface area contributed by atoms with Gasteiger partial charge >= 0.3 is 0 Å². The monoisotopic (exact) mass is 354 g/mol. The van der Waals surface area contributed by atoms with Crippen LogP contribution in [-0.4, -0.2) is 26.8 Å². The number of carbonyl (C=O) groups excluding carboxylic acids is 1. The van der Waals surface area contributed by atoms with Gasteiger partial charge in [0.25, 0.3) is 10.9 Å². The van der Waals surface area contributed by atoms with Gasteiger partial charge in [-0.1, -0.05) is 23.4 Å². The fraction of sp³-hybridized carbons (Fsp3) is 0.308. The highest BCUT2D eigenvalue weighted by Gasteiger charge is 2.29. The lowest BCUT2D eigenvalue weighted by atomic mass is 10.2. The number of halogens is 1. The first-order chi connectivity index (χ1) is 11.0. The Morgan fingerprint density at radius 3 is 2.96 bits per heavy atom. The molecule has 0 spiro atoms. The van der Waals surface area contributed by atoms with Crippen molar-refractivity contribution in [3.05, 3.63) is 39.2 Å². The SMILES string of the molecule is O=C(CSc1nnc(C2CC2)o1)Nc1ccc(Cl)cc1[N+](=O)[O-]. The highest BCUT2D eigenvalue weighted by Crippen LogP contribution is 2.39. The van der Waals surface area contributed by atoms with Gasteiger partial charge in [-0.15, -0.1) is 10.2 Å². The second-order valence-electron chi connectivity index (χ2n) is 4.94. The third kappa shape index (κ3) is 3.99. The van der Waals surface area contributed by atoms with E-state index in [2.05, 4.69) is 15.5 Å². The summed E-state index contributed by atoms with van der Waals surface area (Å²) >= 11 is 6.81. The molecule has 1 aromatic heterocycles. The summed E-state index contributed by atoms with van der Waals surface area (Å²) in [5.41, 5.74) is -0.168. The first-order valence-corrected chi connectivity index (χ1v) is 8.09. The van der Waals surface area contributed by atoms with Gasteiger partial charge in [0.15, 0.2) is 0 Å². The van der Waals surface area contributed by atoms with Crippen molar-refractivity contribution in [1.29, 1.82) is 0 Å². The van der Waals surface area contributed by atoms with Gasteiger partial charge in [0.1, 0.15) is 5.69 Å². The third-order valence-corrected chi connectivity index (χ3v) is 4.16. The van der Waals surface area contributed by atoms with Crippen LogP contribution in [0.5, 0.6) is 0 Å². The number of rotatable bonds is 6. The van der Waals surface area contributed by atoms with Crippen molar-refractivity contribution in [3.8, 4) is 0 Å². The minimum atomic E-state index is -0.603. The van der Waals surface area contributed by atoms with Crippen LogP contribution in [0.25, 0.3) is 0 Å². The molecular weight excluding hydrogens is 344 g/mol. The largest absolute Gasteiger partial charge is 0.416 e. The predicted octanol–water partition coefficient (Wildman–Crippen LogP) is 3.24. The Morgan fingerprint density at radius 2 is 2.26 bits per heavy atom.